The average Bonchev–Trinajstić information content (AvgIpc) is 4.13. The van der Waals surface area contributed by atoms with Crippen molar-refractivity contribution in [2.45, 2.75) is 208 Å². The smallest absolute Gasteiger partial charge is 0.205 e. The molecule has 5 aliphatic rings. The van der Waals surface area contributed by atoms with Crippen molar-refractivity contribution in [3.63, 3.8) is 0 Å². The molecule has 5 saturated heterocycles. The van der Waals surface area contributed by atoms with Gasteiger partial charge in [-0.05, 0) is 168 Å². The number of rotatable bonds is 4. The van der Waals surface area contributed by atoms with Gasteiger partial charge in [0.25, 0.3) is 0 Å². The SMILES string of the molecule is C.C.C.C.C.C.C.C.C.CN1CCCC(Br)C1.CN1CCCC(O)C1.C[B]C.C[B]N1CCCC(n2cc(C)cn2)C1.Cc1cn[nH]c1.Cc1cnn(C2CCCN(C)C2)c1.Cc1cnn(C2CCCNC2)c1.P.P.P.P. The van der Waals surface area contributed by atoms with Crippen molar-refractivity contribution in [1.82, 2.24) is 64.4 Å². The first kappa shape index (κ1) is 101. The van der Waals surface area contributed by atoms with Gasteiger partial charge in [0.1, 0.15) is 7.28 Å². The number of hydrogen-bond donors (Lipinski definition) is 3. The minimum absolute atomic E-state index is 0. The highest BCUT2D eigenvalue weighted by Crippen LogP contribution is 2.21. The van der Waals surface area contributed by atoms with E-state index in [0.29, 0.717) is 18.1 Å². The number of likely N-dealkylation sites (N-methyl/N-ethyl adjacent to an activating group) is 2. The second-order valence-electron chi connectivity index (χ2n) is 18.5. The molecule has 4 aromatic rings. The first-order valence-corrected chi connectivity index (χ1v) is 25.0. The largest absolute Gasteiger partial charge is 0.392 e. The number of aromatic nitrogens is 8. The number of aliphatic hydroxyl groups is 1. The van der Waals surface area contributed by atoms with Gasteiger partial charge in [0.05, 0.1) is 49.0 Å². The van der Waals surface area contributed by atoms with Crippen molar-refractivity contribution in [2.24, 2.45) is 0 Å². The first-order valence-electron chi connectivity index (χ1n) is 24.1. The Bertz CT molecular complexity index is 1710. The number of halogens is 1. The van der Waals surface area contributed by atoms with Crippen LogP contribution in [0, 0.1) is 27.7 Å². The summed E-state index contributed by atoms with van der Waals surface area (Å²) in [5.74, 6) is 0. The number of aryl methyl sites for hydroxylation is 4. The van der Waals surface area contributed by atoms with E-state index in [1.807, 2.05) is 59.7 Å². The van der Waals surface area contributed by atoms with E-state index in [2.05, 4.69) is 148 Å². The highest BCUT2D eigenvalue weighted by Gasteiger charge is 2.21. The van der Waals surface area contributed by atoms with Crippen LogP contribution < -0.4 is 5.32 Å². The van der Waals surface area contributed by atoms with Crippen LogP contribution in [0.15, 0.2) is 49.6 Å². The molecule has 3 N–H and O–H groups in total. The van der Waals surface area contributed by atoms with Crippen molar-refractivity contribution in [3.8, 4) is 0 Å². The van der Waals surface area contributed by atoms with Gasteiger partial charge in [-0.1, -0.05) is 103 Å². The van der Waals surface area contributed by atoms with Crippen LogP contribution in [0.5, 0.6) is 0 Å². The summed E-state index contributed by atoms with van der Waals surface area (Å²) in [6.45, 7) is 25.8. The van der Waals surface area contributed by atoms with Crippen molar-refractivity contribution in [1.29, 1.82) is 0 Å². The Labute approximate surface area is 503 Å². The Balaban J connectivity index is -0.0000000734. The third-order valence-corrected chi connectivity index (χ3v) is 12.5. The Morgan fingerprint density at radius 2 is 0.922 bits per heavy atom. The maximum atomic E-state index is 9.04. The third kappa shape index (κ3) is 44.2. The molecule has 14 nitrogen and oxygen atoms in total. The number of H-pyrrole nitrogens is 1. The molecule has 0 bridgehead atoms. The van der Waals surface area contributed by atoms with Gasteiger partial charge in [-0.25, -0.2) is 0 Å². The van der Waals surface area contributed by atoms with Gasteiger partial charge in [0, 0.05) is 62.3 Å². The molecule has 2 radical (unpaired) electrons. The van der Waals surface area contributed by atoms with Crippen molar-refractivity contribution >= 4 is 70.2 Å². The summed E-state index contributed by atoms with van der Waals surface area (Å²) in [6, 6.07) is 1.73. The molecule has 0 aromatic carbocycles. The molecule has 0 saturated carbocycles. The fraction of sp³-hybridized carbons (Fsp3) is 0.786. The van der Waals surface area contributed by atoms with E-state index in [1.54, 1.807) is 6.20 Å². The second-order valence-corrected chi connectivity index (χ2v) is 19.8. The Morgan fingerprint density at radius 1 is 0.519 bits per heavy atom. The predicted molar refractivity (Wildman–Crippen MR) is 377 cm³/mol. The van der Waals surface area contributed by atoms with Crippen molar-refractivity contribution in [2.75, 3.05) is 86.6 Å². The number of β-amino-alcohol motifs (C(OH)–C–C–N with tert-alkyl or cyclic N) is 1. The van der Waals surface area contributed by atoms with Crippen LogP contribution in [0.4, 0.5) is 0 Å². The third-order valence-electron chi connectivity index (χ3n) is 11.8. The molecule has 0 aliphatic carbocycles. The molecule has 77 heavy (non-hydrogen) atoms. The minimum atomic E-state index is -0.0613. The molecule has 4 aromatic heterocycles. The molecule has 5 aliphatic heterocycles. The zero-order valence-corrected chi connectivity index (χ0v) is 51.6. The van der Waals surface area contributed by atoms with Gasteiger partial charge in [-0.15, -0.1) is 0 Å². The highest BCUT2D eigenvalue weighted by atomic mass is 79.9. The van der Waals surface area contributed by atoms with Crippen LogP contribution in [0.25, 0.3) is 0 Å². The van der Waals surface area contributed by atoms with E-state index in [1.165, 1.54) is 99.8 Å². The standard InChI is InChI=1S/C10H17BN3.C10H17N3.C9H15N3.C6H12BrN.C6H13NO.C4H6N2.C2H6B.9CH4.4H3P/c1-9-6-12-14(7-9)10-4-3-5-13(8-10)11-2;1-9-6-11-13(7-9)10-4-3-5-12(2)8-10;1-8-5-11-12(7-8)9-3-2-4-10-6-9;1-8-4-2-3-6(7)5-8;1-7-4-2-3-6(8)5-7;1-4-2-5-6-3-4;1-3-2;;;;;;;;;;;;;/h6-7,10H,3-5,8H2,1-2H3;6-7,10H,3-5,8H2,1-2H3;5,7,9-10H,2-4,6H2,1H3;6H,2-5H2,1H3;6,8H,2-5H2,1H3;2-3H,1H3,(H,5,6);1-2H3;9*1H4;4*1H3. The molecular weight excluding hydrogens is 1100 g/mol. The van der Waals surface area contributed by atoms with Crippen LogP contribution in [0.2, 0.25) is 20.5 Å². The van der Waals surface area contributed by atoms with Gasteiger partial charge in [0.2, 0.25) is 7.41 Å². The zero-order valence-electron chi connectivity index (χ0n) is 44.4. The predicted octanol–water partition coefficient (Wildman–Crippen LogP) is 13.1. The van der Waals surface area contributed by atoms with Gasteiger partial charge < -0.3 is 29.9 Å². The summed E-state index contributed by atoms with van der Waals surface area (Å²) < 4.78 is 6.32. The summed E-state index contributed by atoms with van der Waals surface area (Å²) in [6.07, 6.45) is 28.2. The number of aromatic amines is 1. The lowest BCUT2D eigenvalue weighted by Crippen LogP contribution is -2.38. The summed E-state index contributed by atoms with van der Waals surface area (Å²) in [5.41, 5.74) is 4.94. The summed E-state index contributed by atoms with van der Waals surface area (Å²) >= 11 is 3.59. The number of nitrogens with zero attached hydrogens (tertiary/aromatic N) is 11. The number of alkyl halides is 1. The average molecular weight is 1230 g/mol. The van der Waals surface area contributed by atoms with Crippen LogP contribution in [-0.2, 0) is 0 Å². The second kappa shape index (κ2) is 59.5. The molecule has 9 atom stereocenters. The van der Waals surface area contributed by atoms with E-state index in [9.17, 15) is 0 Å². The lowest BCUT2D eigenvalue weighted by atomic mass is 9.88. The van der Waals surface area contributed by atoms with Crippen molar-refractivity contribution in [3.05, 3.63) is 71.8 Å². The Hall–Kier alpha value is -1.07. The lowest BCUT2D eigenvalue weighted by Gasteiger charge is -2.31. The van der Waals surface area contributed by atoms with Crippen LogP contribution >= 0.6 is 55.5 Å². The zero-order chi connectivity index (χ0) is 46.7. The summed E-state index contributed by atoms with van der Waals surface area (Å²) in [5, 5.41) is 31.9. The minimum Gasteiger partial charge on any atom is -0.392 e. The van der Waals surface area contributed by atoms with E-state index < -0.39 is 0 Å². The Kier molecular flexibility index (Phi) is 78.2. The maximum absolute atomic E-state index is 9.04. The maximum Gasteiger partial charge on any atom is 0.205 e. The van der Waals surface area contributed by atoms with E-state index in [-0.39, 0.29) is 113 Å². The number of nitrogens with one attached hydrogen (secondary N) is 2. The van der Waals surface area contributed by atoms with Gasteiger partial charge >= 0.3 is 0 Å². The molecule has 0 amide bonds. The molecule has 21 heteroatoms. The van der Waals surface area contributed by atoms with Crippen LogP contribution in [0.3, 0.4) is 0 Å². The molecule has 9 unspecified atom stereocenters. The van der Waals surface area contributed by atoms with Gasteiger partial charge in [0.15, 0.2) is 0 Å². The number of likely N-dealkylation sites (tertiary alicyclic amines) is 3. The fourth-order valence-electron chi connectivity index (χ4n) is 8.30. The van der Waals surface area contributed by atoms with E-state index in [4.69, 9.17) is 5.11 Å². The highest BCUT2D eigenvalue weighted by molar-refractivity contribution is 9.09. The quantitative estimate of drug-likeness (QED) is 0.103. The van der Waals surface area contributed by atoms with Crippen LogP contribution in [0.1, 0.15) is 171 Å². The number of hydrogen-bond acceptors (Lipinski definition) is 10. The molecule has 9 heterocycles. The van der Waals surface area contributed by atoms with Crippen molar-refractivity contribution < 1.29 is 5.11 Å². The lowest BCUT2D eigenvalue weighted by molar-refractivity contribution is 0.0846. The summed E-state index contributed by atoms with van der Waals surface area (Å²) in [4.78, 5) is 10.0. The van der Waals surface area contributed by atoms with Gasteiger partial charge in [-0.2, -0.15) is 60.0 Å². The van der Waals surface area contributed by atoms with E-state index >= 15 is 0 Å². The number of aliphatic hydroxyl groups excluding tert-OH is 1. The first-order chi connectivity index (χ1) is 30.8. The number of piperidine rings is 5. The molecule has 0 spiro atoms. The topological polar surface area (TPSA) is 127 Å². The fourth-order valence-corrected chi connectivity index (χ4v) is 9.12. The normalized spacial score (nSPS) is 20.0. The monoisotopic (exact) mass is 1230 g/mol. The molecule has 9 rings (SSSR count). The van der Waals surface area contributed by atoms with E-state index in [0.717, 1.165) is 56.9 Å². The van der Waals surface area contributed by atoms with Gasteiger partial charge in [-0.3, -0.25) is 19.1 Å². The summed E-state index contributed by atoms with van der Waals surface area (Å²) in [7, 11) is 10.6. The molecular formula is C56H134B2BrN13OP4. The molecule has 462 valence electrons. The molecule has 5 fully saturated rings. The Morgan fingerprint density at radius 3 is 1.22 bits per heavy atom. The van der Waals surface area contributed by atoms with Crippen LogP contribution in [-0.4, -0.2) is 176 Å².